The molecule has 0 bridgehead atoms. The summed E-state index contributed by atoms with van der Waals surface area (Å²) in [5.74, 6) is -0.416. The van der Waals surface area contributed by atoms with Gasteiger partial charge in [0.15, 0.2) is 0 Å². The smallest absolute Gasteiger partial charge is 0.276 e. The molecule has 0 saturated heterocycles. The fourth-order valence-corrected chi connectivity index (χ4v) is 1.88. The fourth-order valence-electron chi connectivity index (χ4n) is 1.70. The molecule has 0 heterocycles. The highest BCUT2D eigenvalue weighted by Gasteiger charge is 2.10. The van der Waals surface area contributed by atoms with Crippen LogP contribution in [0.3, 0.4) is 0 Å². The van der Waals surface area contributed by atoms with Crippen molar-refractivity contribution in [2.45, 2.75) is 0 Å². The van der Waals surface area contributed by atoms with E-state index in [1.54, 1.807) is 42.5 Å². The Morgan fingerprint density at radius 3 is 2.52 bits per heavy atom. The van der Waals surface area contributed by atoms with Crippen molar-refractivity contribution in [3.05, 3.63) is 75.3 Å². The number of nitro benzene ring substituents is 1. The molecule has 5 nitrogen and oxygen atoms in total. The molecule has 0 aliphatic carbocycles. The Bertz CT molecular complexity index is 714. The number of hydrogen-bond donors (Lipinski definition) is 1. The number of halogens is 1. The van der Waals surface area contributed by atoms with E-state index in [4.69, 9.17) is 11.6 Å². The number of carbonyl (C=O) groups excluding carboxylic acids is 1. The van der Waals surface area contributed by atoms with Gasteiger partial charge < -0.3 is 5.32 Å². The van der Waals surface area contributed by atoms with E-state index in [1.165, 1.54) is 18.2 Å². The molecule has 21 heavy (non-hydrogen) atoms. The molecule has 0 atom stereocenters. The lowest BCUT2D eigenvalue weighted by atomic mass is 10.1. The van der Waals surface area contributed by atoms with Crippen LogP contribution in [0.1, 0.15) is 5.56 Å². The van der Waals surface area contributed by atoms with Gasteiger partial charge in [-0.2, -0.15) is 0 Å². The molecule has 2 aromatic rings. The molecule has 0 aliphatic rings. The summed E-state index contributed by atoms with van der Waals surface area (Å²) in [6, 6.07) is 13.0. The Morgan fingerprint density at radius 2 is 1.81 bits per heavy atom. The first-order chi connectivity index (χ1) is 10.1. The maximum Gasteiger partial charge on any atom is 0.276 e. The van der Waals surface area contributed by atoms with Crippen molar-refractivity contribution >= 4 is 35.0 Å². The van der Waals surface area contributed by atoms with E-state index in [-0.39, 0.29) is 5.69 Å². The predicted molar refractivity (Wildman–Crippen MR) is 82.2 cm³/mol. The highest BCUT2D eigenvalue weighted by molar-refractivity contribution is 6.33. The highest BCUT2D eigenvalue weighted by Crippen LogP contribution is 2.21. The van der Waals surface area contributed by atoms with Crippen LogP contribution in [-0.2, 0) is 4.79 Å². The molecule has 0 unspecified atom stereocenters. The van der Waals surface area contributed by atoms with E-state index in [9.17, 15) is 14.9 Å². The predicted octanol–water partition coefficient (Wildman–Crippen LogP) is 3.90. The van der Waals surface area contributed by atoms with Crippen LogP contribution in [0, 0.1) is 10.1 Å². The van der Waals surface area contributed by atoms with Crippen molar-refractivity contribution in [2.75, 3.05) is 5.32 Å². The minimum atomic E-state index is -0.494. The van der Waals surface area contributed by atoms with Gasteiger partial charge in [-0.3, -0.25) is 14.9 Å². The summed E-state index contributed by atoms with van der Waals surface area (Å²) < 4.78 is 0. The first-order valence-electron chi connectivity index (χ1n) is 6.05. The van der Waals surface area contributed by atoms with E-state index in [0.717, 1.165) is 0 Å². The van der Waals surface area contributed by atoms with E-state index in [2.05, 4.69) is 5.32 Å². The van der Waals surface area contributed by atoms with Crippen molar-refractivity contribution < 1.29 is 9.72 Å². The molecule has 0 aliphatic heterocycles. The minimum absolute atomic E-state index is 0.0562. The maximum absolute atomic E-state index is 11.8. The van der Waals surface area contributed by atoms with Crippen molar-refractivity contribution in [1.29, 1.82) is 0 Å². The van der Waals surface area contributed by atoms with Crippen LogP contribution in [0.2, 0.25) is 5.02 Å². The van der Waals surface area contributed by atoms with E-state index >= 15 is 0 Å². The summed E-state index contributed by atoms with van der Waals surface area (Å²) >= 11 is 5.92. The quantitative estimate of drug-likeness (QED) is 0.529. The topological polar surface area (TPSA) is 72.2 Å². The molecule has 2 rings (SSSR count). The zero-order valence-electron chi connectivity index (χ0n) is 10.8. The Balaban J connectivity index is 2.13. The zero-order valence-corrected chi connectivity index (χ0v) is 11.6. The Labute approximate surface area is 126 Å². The van der Waals surface area contributed by atoms with Crippen molar-refractivity contribution in [3.8, 4) is 0 Å². The van der Waals surface area contributed by atoms with Crippen LogP contribution >= 0.6 is 11.6 Å². The third-order valence-corrected chi connectivity index (χ3v) is 3.01. The lowest BCUT2D eigenvalue weighted by molar-refractivity contribution is -0.385. The molecule has 2 aromatic carbocycles. The number of para-hydroxylation sites is 2. The number of amides is 1. The molecular formula is C15H11ClN2O3. The summed E-state index contributed by atoms with van der Waals surface area (Å²) in [4.78, 5) is 22.2. The summed E-state index contributed by atoms with van der Waals surface area (Å²) in [5, 5.41) is 13.9. The van der Waals surface area contributed by atoms with Gasteiger partial charge >= 0.3 is 0 Å². The van der Waals surface area contributed by atoms with Gasteiger partial charge in [-0.15, -0.1) is 0 Å². The van der Waals surface area contributed by atoms with E-state index in [0.29, 0.717) is 16.3 Å². The van der Waals surface area contributed by atoms with Crippen LogP contribution in [0.5, 0.6) is 0 Å². The molecule has 1 N–H and O–H groups in total. The largest absolute Gasteiger partial charge is 0.321 e. The minimum Gasteiger partial charge on any atom is -0.321 e. The van der Waals surface area contributed by atoms with Crippen molar-refractivity contribution in [3.63, 3.8) is 0 Å². The molecule has 0 saturated carbocycles. The molecule has 6 heteroatoms. The summed E-state index contributed by atoms with van der Waals surface area (Å²) in [5.41, 5.74) is 0.785. The number of hydrogen-bond acceptors (Lipinski definition) is 3. The summed E-state index contributed by atoms with van der Waals surface area (Å²) in [6.07, 6.45) is 2.62. The van der Waals surface area contributed by atoms with Gasteiger partial charge in [0.05, 0.1) is 21.2 Å². The first kappa shape index (κ1) is 14.7. The van der Waals surface area contributed by atoms with Gasteiger partial charge in [0.1, 0.15) is 0 Å². The van der Waals surface area contributed by atoms with Crippen molar-refractivity contribution in [1.82, 2.24) is 0 Å². The Morgan fingerprint density at radius 1 is 1.14 bits per heavy atom. The fraction of sp³-hybridized carbons (Fsp3) is 0. The van der Waals surface area contributed by atoms with Gasteiger partial charge in [-0.05, 0) is 24.3 Å². The molecule has 1 amide bonds. The van der Waals surface area contributed by atoms with E-state index in [1.807, 2.05) is 0 Å². The second-order valence-corrected chi connectivity index (χ2v) is 4.53. The number of nitrogens with zero attached hydrogens (tertiary/aromatic N) is 1. The van der Waals surface area contributed by atoms with Crippen LogP contribution < -0.4 is 5.32 Å². The lowest BCUT2D eigenvalue weighted by Crippen LogP contribution is -2.08. The van der Waals surface area contributed by atoms with Gasteiger partial charge in [-0.1, -0.05) is 35.9 Å². The van der Waals surface area contributed by atoms with Gasteiger partial charge in [0.25, 0.3) is 5.69 Å². The van der Waals surface area contributed by atoms with Gasteiger partial charge in [0, 0.05) is 12.1 Å². The summed E-state index contributed by atoms with van der Waals surface area (Å²) in [7, 11) is 0. The normalized spacial score (nSPS) is 10.5. The monoisotopic (exact) mass is 302 g/mol. The van der Waals surface area contributed by atoms with E-state index < -0.39 is 10.8 Å². The molecule has 0 aromatic heterocycles. The molecule has 0 fully saturated rings. The standard InChI is InChI=1S/C15H11ClN2O3/c16-12-6-2-3-7-13(12)17-15(19)10-9-11-5-1-4-8-14(11)18(20)21/h1-10H,(H,17,19). The first-order valence-corrected chi connectivity index (χ1v) is 6.43. The number of nitrogens with one attached hydrogen (secondary N) is 1. The number of carbonyl (C=O) groups is 1. The third kappa shape index (κ3) is 3.90. The SMILES string of the molecule is O=C(C=Cc1ccccc1[N+](=O)[O-])Nc1ccccc1Cl. The van der Waals surface area contributed by atoms with Gasteiger partial charge in [-0.25, -0.2) is 0 Å². The molecular weight excluding hydrogens is 292 g/mol. The van der Waals surface area contributed by atoms with Crippen LogP contribution in [0.25, 0.3) is 6.08 Å². The number of rotatable bonds is 4. The molecule has 0 radical (unpaired) electrons. The number of benzene rings is 2. The highest BCUT2D eigenvalue weighted by atomic mass is 35.5. The lowest BCUT2D eigenvalue weighted by Gasteiger charge is -2.03. The Kier molecular flexibility index (Phi) is 4.68. The van der Waals surface area contributed by atoms with Crippen LogP contribution in [0.15, 0.2) is 54.6 Å². The molecule has 106 valence electrons. The summed E-state index contributed by atoms with van der Waals surface area (Å²) in [6.45, 7) is 0. The van der Waals surface area contributed by atoms with Crippen LogP contribution in [0.4, 0.5) is 11.4 Å². The van der Waals surface area contributed by atoms with Crippen molar-refractivity contribution in [2.24, 2.45) is 0 Å². The average Bonchev–Trinajstić information content (AvgIpc) is 2.48. The maximum atomic E-state index is 11.8. The van der Waals surface area contributed by atoms with Gasteiger partial charge in [0.2, 0.25) is 5.91 Å². The average molecular weight is 303 g/mol. The number of anilines is 1. The number of nitro groups is 1. The molecule has 0 spiro atoms. The van der Waals surface area contributed by atoms with Crippen LogP contribution in [-0.4, -0.2) is 10.8 Å². The zero-order chi connectivity index (χ0) is 15.2. The third-order valence-electron chi connectivity index (χ3n) is 2.68. The Hall–Kier alpha value is -2.66. The second kappa shape index (κ2) is 6.67. The second-order valence-electron chi connectivity index (χ2n) is 4.12.